The van der Waals surface area contributed by atoms with Crippen LogP contribution in [0.5, 0.6) is 0 Å². The average Bonchev–Trinajstić information content (AvgIpc) is 3.09. The number of anilines is 2. The van der Waals surface area contributed by atoms with Gasteiger partial charge in [0.25, 0.3) is 0 Å². The Bertz CT molecular complexity index is 777. The predicted molar refractivity (Wildman–Crippen MR) is 101 cm³/mol. The summed E-state index contributed by atoms with van der Waals surface area (Å²) in [5.74, 6) is 0.869. The molecular weight excluding hydrogens is 330 g/mol. The number of carbonyl (C=O) groups is 1. The maximum atomic E-state index is 12.1. The van der Waals surface area contributed by atoms with Crippen molar-refractivity contribution in [2.45, 2.75) is 45.9 Å². The molecule has 0 saturated carbocycles. The number of hydrogen-bond acceptors (Lipinski definition) is 7. The van der Waals surface area contributed by atoms with Crippen molar-refractivity contribution in [3.8, 4) is 0 Å². The average molecular weight is 355 g/mol. The maximum absolute atomic E-state index is 12.1. The lowest BCUT2D eigenvalue weighted by Crippen LogP contribution is -2.42. The van der Waals surface area contributed by atoms with Crippen LogP contribution < -0.4 is 16.0 Å². The molecule has 1 aromatic heterocycles. The lowest BCUT2D eigenvalue weighted by Gasteiger charge is -2.24. The highest BCUT2D eigenvalue weighted by Gasteiger charge is 2.31. The minimum Gasteiger partial charge on any atom is -0.464 e. The van der Waals surface area contributed by atoms with Gasteiger partial charge in [0, 0.05) is 25.2 Å². The third kappa shape index (κ3) is 4.11. The van der Waals surface area contributed by atoms with Crippen molar-refractivity contribution in [1.29, 1.82) is 0 Å². The van der Waals surface area contributed by atoms with Crippen LogP contribution in [0.3, 0.4) is 0 Å². The third-order valence-corrected chi connectivity index (χ3v) is 4.20. The van der Waals surface area contributed by atoms with Gasteiger partial charge >= 0.3 is 5.97 Å². The van der Waals surface area contributed by atoms with Crippen molar-refractivity contribution < 1.29 is 9.53 Å². The SMILES string of the molecule is CCOC(=O)C(C)(C)Nc1nc2c(c(NCc3ccccc3)n1)CNC2. The first-order valence-electron chi connectivity index (χ1n) is 8.83. The van der Waals surface area contributed by atoms with Gasteiger partial charge in [-0.3, -0.25) is 0 Å². The molecule has 0 atom stereocenters. The summed E-state index contributed by atoms with van der Waals surface area (Å²) in [5.41, 5.74) is 2.28. The number of carbonyl (C=O) groups excluding carboxylic acids is 1. The van der Waals surface area contributed by atoms with Crippen molar-refractivity contribution in [1.82, 2.24) is 15.3 Å². The third-order valence-electron chi connectivity index (χ3n) is 4.20. The Morgan fingerprint density at radius 3 is 2.73 bits per heavy atom. The monoisotopic (exact) mass is 355 g/mol. The molecule has 0 unspecified atom stereocenters. The second-order valence-corrected chi connectivity index (χ2v) is 6.73. The number of benzene rings is 1. The van der Waals surface area contributed by atoms with Crippen LogP contribution in [0.15, 0.2) is 30.3 Å². The first kappa shape index (κ1) is 18.1. The van der Waals surface area contributed by atoms with E-state index in [-0.39, 0.29) is 5.97 Å². The van der Waals surface area contributed by atoms with Crippen molar-refractivity contribution in [2.24, 2.45) is 0 Å². The fourth-order valence-corrected chi connectivity index (χ4v) is 2.79. The largest absolute Gasteiger partial charge is 0.464 e. The maximum Gasteiger partial charge on any atom is 0.331 e. The zero-order valence-corrected chi connectivity index (χ0v) is 15.4. The molecule has 0 bridgehead atoms. The highest BCUT2D eigenvalue weighted by molar-refractivity contribution is 5.83. The molecule has 2 aromatic rings. The standard InChI is InChI=1S/C19H25N5O2/c1-4-26-17(25)19(2,3)24-18-22-15-12-20-11-14(15)16(23-18)21-10-13-8-6-5-7-9-13/h5-9,20H,4,10-12H2,1-3H3,(H2,21,22,23,24). The summed E-state index contributed by atoms with van der Waals surface area (Å²) in [7, 11) is 0. The molecular formula is C19H25N5O2. The summed E-state index contributed by atoms with van der Waals surface area (Å²) in [6, 6.07) is 10.1. The Morgan fingerprint density at radius 2 is 2.00 bits per heavy atom. The zero-order valence-electron chi connectivity index (χ0n) is 15.4. The van der Waals surface area contributed by atoms with E-state index in [2.05, 4.69) is 38.1 Å². The Morgan fingerprint density at radius 1 is 1.23 bits per heavy atom. The van der Waals surface area contributed by atoms with Crippen LogP contribution in [0.25, 0.3) is 0 Å². The summed E-state index contributed by atoms with van der Waals surface area (Å²) in [5, 5.41) is 9.80. The number of ether oxygens (including phenoxy) is 1. The highest BCUT2D eigenvalue weighted by Crippen LogP contribution is 2.25. The Balaban J connectivity index is 1.80. The second kappa shape index (κ2) is 7.70. The van der Waals surface area contributed by atoms with Gasteiger partial charge in [0.1, 0.15) is 11.4 Å². The summed E-state index contributed by atoms with van der Waals surface area (Å²) in [6.07, 6.45) is 0. The molecule has 3 N–H and O–H groups in total. The first-order chi connectivity index (χ1) is 12.5. The topological polar surface area (TPSA) is 88.2 Å². The van der Waals surface area contributed by atoms with Gasteiger partial charge in [-0.25, -0.2) is 9.78 Å². The fraction of sp³-hybridized carbons (Fsp3) is 0.421. The van der Waals surface area contributed by atoms with Crippen LogP contribution in [0, 0.1) is 0 Å². The quantitative estimate of drug-likeness (QED) is 0.658. The number of rotatable bonds is 7. The van der Waals surface area contributed by atoms with E-state index in [9.17, 15) is 4.79 Å². The van der Waals surface area contributed by atoms with E-state index in [1.165, 1.54) is 5.56 Å². The van der Waals surface area contributed by atoms with Crippen LogP contribution in [0.1, 0.15) is 37.6 Å². The Hall–Kier alpha value is -2.67. The van der Waals surface area contributed by atoms with Gasteiger partial charge in [0.2, 0.25) is 5.95 Å². The summed E-state index contributed by atoms with van der Waals surface area (Å²) >= 11 is 0. The van der Waals surface area contributed by atoms with Gasteiger partial charge in [-0.2, -0.15) is 4.98 Å². The molecule has 1 aromatic carbocycles. The van der Waals surface area contributed by atoms with Crippen LogP contribution in [-0.2, 0) is 29.2 Å². The van der Waals surface area contributed by atoms with E-state index >= 15 is 0 Å². The first-order valence-corrected chi connectivity index (χ1v) is 8.83. The summed E-state index contributed by atoms with van der Waals surface area (Å²) in [6.45, 7) is 7.74. The highest BCUT2D eigenvalue weighted by atomic mass is 16.5. The van der Waals surface area contributed by atoms with Crippen molar-refractivity contribution in [2.75, 3.05) is 17.2 Å². The normalized spacial score (nSPS) is 13.2. The van der Waals surface area contributed by atoms with E-state index < -0.39 is 5.54 Å². The Labute approximate surface area is 153 Å². The van der Waals surface area contributed by atoms with Crippen LogP contribution in [-0.4, -0.2) is 28.1 Å². The molecule has 7 nitrogen and oxygen atoms in total. The van der Waals surface area contributed by atoms with Gasteiger partial charge < -0.3 is 20.7 Å². The minimum atomic E-state index is -0.910. The Kier molecular flexibility index (Phi) is 5.37. The number of esters is 1. The van der Waals surface area contributed by atoms with Gasteiger partial charge in [0.15, 0.2) is 0 Å². The lowest BCUT2D eigenvalue weighted by molar-refractivity contribution is -0.147. The molecule has 3 rings (SSSR count). The lowest BCUT2D eigenvalue weighted by atomic mass is 10.1. The molecule has 0 aliphatic carbocycles. The summed E-state index contributed by atoms with van der Waals surface area (Å²) in [4.78, 5) is 21.3. The van der Waals surface area contributed by atoms with E-state index in [1.54, 1.807) is 20.8 Å². The van der Waals surface area contributed by atoms with Gasteiger partial charge in [0.05, 0.1) is 12.3 Å². The van der Waals surface area contributed by atoms with Crippen molar-refractivity contribution >= 4 is 17.7 Å². The van der Waals surface area contributed by atoms with Crippen molar-refractivity contribution in [3.63, 3.8) is 0 Å². The molecule has 138 valence electrons. The summed E-state index contributed by atoms with van der Waals surface area (Å²) < 4.78 is 5.12. The molecule has 0 saturated heterocycles. The minimum absolute atomic E-state index is 0.332. The number of nitrogens with one attached hydrogen (secondary N) is 3. The number of hydrogen-bond donors (Lipinski definition) is 3. The molecule has 1 aliphatic heterocycles. The number of fused-ring (bicyclic) bond motifs is 1. The molecule has 0 amide bonds. The molecule has 0 radical (unpaired) electrons. The smallest absolute Gasteiger partial charge is 0.331 e. The molecule has 7 heteroatoms. The van der Waals surface area contributed by atoms with E-state index in [1.807, 2.05) is 18.2 Å². The second-order valence-electron chi connectivity index (χ2n) is 6.73. The molecule has 2 heterocycles. The number of nitrogens with zero attached hydrogens (tertiary/aromatic N) is 2. The molecule has 0 fully saturated rings. The van der Waals surface area contributed by atoms with Gasteiger partial charge in [-0.05, 0) is 26.3 Å². The van der Waals surface area contributed by atoms with Crippen LogP contribution >= 0.6 is 0 Å². The van der Waals surface area contributed by atoms with Crippen LogP contribution in [0.2, 0.25) is 0 Å². The van der Waals surface area contributed by atoms with Crippen molar-refractivity contribution in [3.05, 3.63) is 47.2 Å². The molecule has 0 spiro atoms. The molecule has 26 heavy (non-hydrogen) atoms. The van der Waals surface area contributed by atoms with E-state index in [0.29, 0.717) is 25.6 Å². The molecule has 1 aliphatic rings. The van der Waals surface area contributed by atoms with Gasteiger partial charge in [-0.1, -0.05) is 30.3 Å². The number of aromatic nitrogens is 2. The van der Waals surface area contributed by atoms with Gasteiger partial charge in [-0.15, -0.1) is 0 Å². The van der Waals surface area contributed by atoms with E-state index in [0.717, 1.165) is 23.6 Å². The predicted octanol–water partition coefficient (Wildman–Crippen LogP) is 2.45. The zero-order chi connectivity index (χ0) is 18.6. The van der Waals surface area contributed by atoms with Crippen LogP contribution in [0.4, 0.5) is 11.8 Å². The fourth-order valence-electron chi connectivity index (χ4n) is 2.79. The van der Waals surface area contributed by atoms with E-state index in [4.69, 9.17) is 4.74 Å².